The van der Waals surface area contributed by atoms with Gasteiger partial charge in [0.2, 0.25) is 5.91 Å². The van der Waals surface area contributed by atoms with Crippen molar-refractivity contribution in [3.63, 3.8) is 0 Å². The number of fused-ring (bicyclic) bond motifs is 1. The van der Waals surface area contributed by atoms with Crippen molar-refractivity contribution >= 4 is 23.0 Å². The maximum absolute atomic E-state index is 12.7. The van der Waals surface area contributed by atoms with E-state index in [4.69, 9.17) is 9.52 Å². The highest BCUT2D eigenvalue weighted by Crippen LogP contribution is 2.30. The molecule has 9 heteroatoms. The number of amides is 1. The molecule has 0 aliphatic heterocycles. The summed E-state index contributed by atoms with van der Waals surface area (Å²) in [4.78, 5) is 21.1. The molecule has 0 bridgehead atoms. The van der Waals surface area contributed by atoms with Crippen LogP contribution in [-0.2, 0) is 11.3 Å². The summed E-state index contributed by atoms with van der Waals surface area (Å²) in [5.41, 5.74) is 3.89. The molecule has 37 heavy (non-hydrogen) atoms. The van der Waals surface area contributed by atoms with Crippen molar-refractivity contribution in [3.8, 4) is 23.0 Å². The first-order chi connectivity index (χ1) is 18.2. The summed E-state index contributed by atoms with van der Waals surface area (Å²) in [7, 11) is 0. The lowest BCUT2D eigenvalue weighted by Crippen LogP contribution is -2.21. The molecule has 0 spiro atoms. The van der Waals surface area contributed by atoms with E-state index in [0.29, 0.717) is 17.3 Å². The van der Waals surface area contributed by atoms with E-state index in [1.54, 1.807) is 28.0 Å². The van der Waals surface area contributed by atoms with Crippen LogP contribution in [0.4, 0.5) is 0 Å². The minimum Gasteiger partial charge on any atom is -0.454 e. The Morgan fingerprint density at radius 3 is 2.70 bits per heavy atom. The molecule has 0 aliphatic rings. The van der Waals surface area contributed by atoms with Gasteiger partial charge in [0, 0.05) is 41.5 Å². The van der Waals surface area contributed by atoms with Gasteiger partial charge in [-0.1, -0.05) is 42.5 Å². The number of pyridine rings is 1. The van der Waals surface area contributed by atoms with Gasteiger partial charge in [0.05, 0.1) is 5.69 Å². The predicted molar refractivity (Wildman–Crippen MR) is 139 cm³/mol. The average Bonchev–Trinajstić information content (AvgIpc) is 3.71. The number of hydrogen-bond acceptors (Lipinski definition) is 6. The summed E-state index contributed by atoms with van der Waals surface area (Å²) in [5.74, 6) is 0.987. The Balaban J connectivity index is 1.27. The maximum Gasteiger partial charge on any atom is 0.244 e. The van der Waals surface area contributed by atoms with Crippen LogP contribution in [0.25, 0.3) is 40.0 Å². The van der Waals surface area contributed by atoms with Gasteiger partial charge in [0.25, 0.3) is 0 Å². The Kier molecular flexibility index (Phi) is 5.84. The molecule has 0 saturated carbocycles. The Morgan fingerprint density at radius 1 is 1.00 bits per heavy atom. The highest BCUT2D eigenvalue weighted by Gasteiger charge is 2.15. The molecule has 6 aromatic rings. The summed E-state index contributed by atoms with van der Waals surface area (Å²) in [5, 5.41) is 12.8. The summed E-state index contributed by atoms with van der Waals surface area (Å²) >= 11 is 0. The van der Waals surface area contributed by atoms with Crippen molar-refractivity contribution in [3.05, 3.63) is 115 Å². The Bertz CT molecular complexity index is 1670. The second-order valence-corrected chi connectivity index (χ2v) is 8.24. The summed E-state index contributed by atoms with van der Waals surface area (Å²) in [6.07, 6.45) is 9.79. The van der Waals surface area contributed by atoms with Crippen LogP contribution in [0.1, 0.15) is 11.1 Å². The first-order valence-electron chi connectivity index (χ1n) is 11.6. The molecule has 0 saturated heterocycles. The zero-order valence-electron chi connectivity index (χ0n) is 19.6. The fraction of sp³-hybridized carbons (Fsp3) is 0.0357. The second kappa shape index (κ2) is 9.74. The van der Waals surface area contributed by atoms with Crippen molar-refractivity contribution in [2.75, 3.05) is 0 Å². The highest BCUT2D eigenvalue weighted by atomic mass is 16.3. The molecule has 4 aromatic heterocycles. The van der Waals surface area contributed by atoms with Crippen molar-refractivity contribution in [2.24, 2.45) is 0 Å². The van der Waals surface area contributed by atoms with E-state index in [1.807, 2.05) is 79.0 Å². The molecular weight excluding hydrogens is 466 g/mol. The zero-order chi connectivity index (χ0) is 25.0. The van der Waals surface area contributed by atoms with Gasteiger partial charge >= 0.3 is 0 Å². The third-order valence-electron chi connectivity index (χ3n) is 5.79. The largest absolute Gasteiger partial charge is 0.454 e. The summed E-state index contributed by atoms with van der Waals surface area (Å²) in [6, 6.07) is 23.3. The number of aromatic nitrogens is 6. The molecule has 1 N–H and O–H groups in total. The van der Waals surface area contributed by atoms with Gasteiger partial charge < -0.3 is 9.73 Å². The van der Waals surface area contributed by atoms with Gasteiger partial charge in [0.1, 0.15) is 23.9 Å². The molecule has 0 aliphatic carbocycles. The maximum atomic E-state index is 12.7. The fourth-order valence-corrected chi connectivity index (χ4v) is 4.01. The van der Waals surface area contributed by atoms with Crippen LogP contribution >= 0.6 is 0 Å². The van der Waals surface area contributed by atoms with Crippen LogP contribution in [0, 0.1) is 0 Å². The quantitative estimate of drug-likeness (QED) is 0.330. The fourth-order valence-electron chi connectivity index (χ4n) is 4.01. The van der Waals surface area contributed by atoms with Crippen LogP contribution in [0.5, 0.6) is 0 Å². The SMILES string of the molecule is O=C(/C=C/c1cn(-c2ccccc2)nc1-c1cc2ccccc2o1)NCc1cccnc1-n1cncn1. The molecule has 6 rings (SSSR count). The summed E-state index contributed by atoms with van der Waals surface area (Å²) < 4.78 is 9.42. The number of hydrogen-bond donors (Lipinski definition) is 1. The normalized spacial score (nSPS) is 11.4. The molecule has 0 atom stereocenters. The smallest absolute Gasteiger partial charge is 0.244 e. The lowest BCUT2D eigenvalue weighted by atomic mass is 10.1. The van der Waals surface area contributed by atoms with Gasteiger partial charge in [0.15, 0.2) is 11.6 Å². The summed E-state index contributed by atoms with van der Waals surface area (Å²) in [6.45, 7) is 0.284. The molecule has 9 nitrogen and oxygen atoms in total. The van der Waals surface area contributed by atoms with Gasteiger partial charge in [-0.3, -0.25) is 4.79 Å². The third-order valence-corrected chi connectivity index (χ3v) is 5.79. The molecular formula is C28H21N7O2. The van der Waals surface area contributed by atoms with Gasteiger partial charge in [-0.2, -0.15) is 10.2 Å². The number of para-hydroxylation sites is 2. The molecule has 0 fully saturated rings. The number of nitrogens with zero attached hydrogens (tertiary/aromatic N) is 6. The van der Waals surface area contributed by atoms with Crippen LogP contribution in [0.2, 0.25) is 0 Å². The number of carbonyl (C=O) groups excluding carboxylic acids is 1. The monoisotopic (exact) mass is 487 g/mol. The van der Waals surface area contributed by atoms with E-state index >= 15 is 0 Å². The van der Waals surface area contributed by atoms with Crippen molar-refractivity contribution < 1.29 is 9.21 Å². The molecule has 2 aromatic carbocycles. The van der Waals surface area contributed by atoms with Crippen molar-refractivity contribution in [1.82, 2.24) is 34.8 Å². The van der Waals surface area contributed by atoms with Gasteiger partial charge in [-0.05, 0) is 36.4 Å². The minimum atomic E-state index is -0.253. The highest BCUT2D eigenvalue weighted by molar-refractivity contribution is 5.93. The molecule has 4 heterocycles. The standard InChI is InChI=1S/C28H21N7O2/c36-26(31-16-21-8-6-14-30-28(21)35-19-29-18-32-35)13-12-22-17-34(23-9-2-1-3-10-23)33-27(22)25-15-20-7-4-5-11-24(20)37-25/h1-15,17-19H,16H2,(H,31,36)/b13-12+. The second-order valence-electron chi connectivity index (χ2n) is 8.24. The number of benzene rings is 2. The van der Waals surface area contributed by atoms with Crippen molar-refractivity contribution in [2.45, 2.75) is 6.54 Å². The number of carbonyl (C=O) groups is 1. The van der Waals surface area contributed by atoms with Crippen molar-refractivity contribution in [1.29, 1.82) is 0 Å². The minimum absolute atomic E-state index is 0.253. The van der Waals surface area contributed by atoms with Crippen LogP contribution in [-0.4, -0.2) is 35.4 Å². The zero-order valence-corrected chi connectivity index (χ0v) is 19.6. The number of furan rings is 1. The Labute approximate surface area is 211 Å². The Morgan fingerprint density at radius 2 is 1.86 bits per heavy atom. The molecule has 1 amide bonds. The van der Waals surface area contributed by atoms with E-state index < -0.39 is 0 Å². The number of nitrogens with one attached hydrogen (secondary N) is 1. The van der Waals surface area contributed by atoms with Crippen LogP contribution in [0.3, 0.4) is 0 Å². The van der Waals surface area contributed by atoms with Crippen LogP contribution < -0.4 is 5.32 Å². The van der Waals surface area contributed by atoms with Gasteiger partial charge in [-0.25, -0.2) is 19.3 Å². The van der Waals surface area contributed by atoms with Gasteiger partial charge in [-0.15, -0.1) is 0 Å². The predicted octanol–water partition coefficient (Wildman–Crippen LogP) is 4.59. The topological polar surface area (TPSA) is 104 Å². The first kappa shape index (κ1) is 22.2. The molecule has 0 unspecified atom stereocenters. The van der Waals surface area contributed by atoms with E-state index in [0.717, 1.165) is 27.8 Å². The third kappa shape index (κ3) is 4.65. The average molecular weight is 488 g/mol. The van der Waals surface area contributed by atoms with E-state index in [2.05, 4.69) is 20.4 Å². The lowest BCUT2D eigenvalue weighted by Gasteiger charge is -2.08. The van der Waals surface area contributed by atoms with Crippen LogP contribution in [0.15, 0.2) is 108 Å². The van der Waals surface area contributed by atoms with E-state index in [1.165, 1.54) is 12.4 Å². The molecule has 180 valence electrons. The Hall–Kier alpha value is -5.31. The molecule has 0 radical (unpaired) electrons. The lowest BCUT2D eigenvalue weighted by molar-refractivity contribution is -0.116. The first-order valence-corrected chi connectivity index (χ1v) is 11.6. The van der Waals surface area contributed by atoms with E-state index in [9.17, 15) is 4.79 Å². The van der Waals surface area contributed by atoms with E-state index in [-0.39, 0.29) is 12.5 Å². The number of rotatable bonds is 7.